The van der Waals surface area contributed by atoms with Gasteiger partial charge in [-0.1, -0.05) is 47.4 Å². The van der Waals surface area contributed by atoms with Crippen molar-refractivity contribution in [2.24, 2.45) is 5.92 Å². The standard InChI is InChI=1S/C33H31FN4O4S2/c1-4-36(5-2)23-13-9-20(10-14-23)26-27-28(31(41)38(30(27)40)24-15-11-21(34)12-16-24)43-32-29(26)44-33(42)37(32)18-25(39)35-22-8-6-7-19(3)17-22/h6-17,26-28H,4-5,18H2,1-3H3,(H,35,39). The van der Waals surface area contributed by atoms with Crippen LogP contribution >= 0.6 is 23.1 Å². The highest BCUT2D eigenvalue weighted by molar-refractivity contribution is 8.00. The Morgan fingerprint density at radius 3 is 2.32 bits per heavy atom. The highest BCUT2D eigenvalue weighted by Crippen LogP contribution is 2.54. The topological polar surface area (TPSA) is 91.7 Å². The van der Waals surface area contributed by atoms with Crippen molar-refractivity contribution in [3.05, 3.63) is 104 Å². The Morgan fingerprint density at radius 1 is 0.955 bits per heavy atom. The van der Waals surface area contributed by atoms with Crippen LogP contribution in [-0.2, 0) is 20.9 Å². The molecule has 6 rings (SSSR count). The fourth-order valence-electron chi connectivity index (χ4n) is 6.01. The third-order valence-electron chi connectivity index (χ3n) is 8.12. The van der Waals surface area contributed by atoms with E-state index in [-0.39, 0.29) is 17.3 Å². The van der Waals surface area contributed by atoms with E-state index in [1.165, 1.54) is 28.8 Å². The predicted molar refractivity (Wildman–Crippen MR) is 172 cm³/mol. The van der Waals surface area contributed by atoms with Crippen LogP contribution < -0.4 is 20.0 Å². The third kappa shape index (κ3) is 5.35. The Kier molecular flexibility index (Phi) is 8.17. The Labute approximate surface area is 262 Å². The number of nitrogens with zero attached hydrogens (tertiary/aromatic N) is 3. The monoisotopic (exact) mass is 630 g/mol. The van der Waals surface area contributed by atoms with Crippen molar-refractivity contribution in [1.29, 1.82) is 0 Å². The van der Waals surface area contributed by atoms with Gasteiger partial charge in [0.2, 0.25) is 17.7 Å². The van der Waals surface area contributed by atoms with Gasteiger partial charge in [-0.25, -0.2) is 9.29 Å². The number of rotatable bonds is 8. The zero-order valence-electron chi connectivity index (χ0n) is 24.5. The molecule has 1 fully saturated rings. The Balaban J connectivity index is 1.41. The van der Waals surface area contributed by atoms with E-state index < -0.39 is 34.7 Å². The van der Waals surface area contributed by atoms with E-state index in [4.69, 9.17) is 0 Å². The average molecular weight is 631 g/mol. The molecule has 1 saturated heterocycles. The second-order valence-corrected chi connectivity index (χ2v) is 13.0. The summed E-state index contributed by atoms with van der Waals surface area (Å²) in [5.74, 6) is -3.03. The third-order valence-corrected chi connectivity index (χ3v) is 10.7. The van der Waals surface area contributed by atoms with Crippen LogP contribution in [0.4, 0.5) is 21.5 Å². The van der Waals surface area contributed by atoms with Gasteiger partial charge in [0.05, 0.1) is 16.6 Å². The van der Waals surface area contributed by atoms with Gasteiger partial charge in [-0.3, -0.25) is 23.7 Å². The minimum atomic E-state index is -0.826. The number of aryl methyl sites for hydroxylation is 1. The van der Waals surface area contributed by atoms with Crippen LogP contribution in [0.2, 0.25) is 0 Å². The van der Waals surface area contributed by atoms with Crippen LogP contribution in [0.25, 0.3) is 0 Å². The maximum absolute atomic E-state index is 14.0. The number of imide groups is 1. The fourth-order valence-corrected chi connectivity index (χ4v) is 8.78. The lowest BCUT2D eigenvalue weighted by Crippen LogP contribution is -2.33. The lowest BCUT2D eigenvalue weighted by molar-refractivity contribution is -0.122. The van der Waals surface area contributed by atoms with Gasteiger partial charge in [-0.05, 0) is 80.4 Å². The molecule has 0 spiro atoms. The lowest BCUT2D eigenvalue weighted by Gasteiger charge is -2.31. The van der Waals surface area contributed by atoms with Crippen LogP contribution in [-0.4, -0.2) is 40.6 Å². The molecule has 0 bridgehead atoms. The molecule has 3 amide bonds. The molecule has 8 nitrogen and oxygen atoms in total. The number of hydrogen-bond donors (Lipinski definition) is 1. The number of carbonyl (C=O) groups excluding carboxylic acids is 3. The number of carbonyl (C=O) groups is 3. The lowest BCUT2D eigenvalue weighted by atomic mass is 9.83. The molecule has 1 N–H and O–H groups in total. The average Bonchev–Trinajstić information content (AvgIpc) is 3.45. The van der Waals surface area contributed by atoms with Crippen LogP contribution in [0.3, 0.4) is 0 Å². The molecular formula is C33H31FN4O4S2. The highest BCUT2D eigenvalue weighted by atomic mass is 32.2. The number of hydrogen-bond acceptors (Lipinski definition) is 7. The van der Waals surface area contributed by atoms with Gasteiger partial charge in [0, 0.05) is 35.3 Å². The van der Waals surface area contributed by atoms with E-state index >= 15 is 0 Å². The van der Waals surface area contributed by atoms with Crippen molar-refractivity contribution in [2.75, 3.05) is 28.2 Å². The first kappa shape index (κ1) is 29.8. The molecule has 0 saturated carbocycles. The van der Waals surface area contributed by atoms with E-state index in [1.54, 1.807) is 6.07 Å². The molecular weight excluding hydrogens is 600 g/mol. The van der Waals surface area contributed by atoms with E-state index in [2.05, 4.69) is 24.1 Å². The Morgan fingerprint density at radius 2 is 1.66 bits per heavy atom. The number of thiazole rings is 1. The minimum Gasteiger partial charge on any atom is -0.372 e. The maximum Gasteiger partial charge on any atom is 0.308 e. The SMILES string of the molecule is CCN(CC)c1ccc(C2c3sc(=O)n(CC(=O)Nc4cccc(C)c4)c3SC3C(=O)N(c4ccc(F)cc4)C(=O)C32)cc1. The van der Waals surface area contributed by atoms with Crippen molar-refractivity contribution >= 4 is 57.9 Å². The summed E-state index contributed by atoms with van der Waals surface area (Å²) >= 11 is 2.16. The highest BCUT2D eigenvalue weighted by Gasteiger charge is 2.56. The number of benzene rings is 3. The number of nitrogens with one attached hydrogen (secondary N) is 1. The molecule has 2 aliphatic rings. The molecule has 3 heterocycles. The minimum absolute atomic E-state index is 0.236. The molecule has 4 aromatic rings. The molecule has 0 radical (unpaired) electrons. The van der Waals surface area contributed by atoms with Gasteiger partial charge < -0.3 is 10.2 Å². The van der Waals surface area contributed by atoms with Gasteiger partial charge >= 0.3 is 4.87 Å². The summed E-state index contributed by atoms with van der Waals surface area (Å²) in [4.78, 5) is 58.1. The molecule has 44 heavy (non-hydrogen) atoms. The van der Waals surface area contributed by atoms with Gasteiger partial charge in [-0.15, -0.1) is 0 Å². The second kappa shape index (κ2) is 12.0. The summed E-state index contributed by atoms with van der Waals surface area (Å²) in [6, 6.07) is 20.5. The van der Waals surface area contributed by atoms with Gasteiger partial charge in [0.1, 0.15) is 17.6 Å². The summed E-state index contributed by atoms with van der Waals surface area (Å²) in [5.41, 5.74) is 3.74. The predicted octanol–water partition coefficient (Wildman–Crippen LogP) is 5.64. The van der Waals surface area contributed by atoms with Gasteiger partial charge in [0.15, 0.2) is 0 Å². The zero-order chi connectivity index (χ0) is 31.1. The van der Waals surface area contributed by atoms with Gasteiger partial charge in [-0.2, -0.15) is 0 Å². The second-order valence-electron chi connectivity index (χ2n) is 10.8. The molecule has 3 unspecified atom stereocenters. The number of halogens is 1. The number of thioether (sulfide) groups is 1. The van der Waals surface area contributed by atoms with Crippen molar-refractivity contribution in [3.8, 4) is 0 Å². The van der Waals surface area contributed by atoms with Crippen LogP contribution in [0, 0.1) is 18.7 Å². The smallest absolute Gasteiger partial charge is 0.308 e. The van der Waals surface area contributed by atoms with Crippen LogP contribution in [0.5, 0.6) is 0 Å². The normalized spacial score (nSPS) is 19.1. The van der Waals surface area contributed by atoms with Crippen LogP contribution in [0.1, 0.15) is 35.8 Å². The molecule has 0 aliphatic carbocycles. The number of aromatic nitrogens is 1. The van der Waals surface area contributed by atoms with E-state index in [0.29, 0.717) is 21.3 Å². The number of fused-ring (bicyclic) bond motifs is 2. The van der Waals surface area contributed by atoms with Gasteiger partial charge in [0.25, 0.3) is 0 Å². The maximum atomic E-state index is 14.0. The van der Waals surface area contributed by atoms with E-state index in [9.17, 15) is 23.6 Å². The van der Waals surface area contributed by atoms with Crippen molar-refractivity contribution in [3.63, 3.8) is 0 Å². The summed E-state index contributed by atoms with van der Waals surface area (Å²) < 4.78 is 15.1. The quantitative estimate of drug-likeness (QED) is 0.254. The molecule has 226 valence electrons. The van der Waals surface area contributed by atoms with E-state index in [0.717, 1.165) is 57.9 Å². The summed E-state index contributed by atoms with van der Waals surface area (Å²) in [5, 5.41) is 2.54. The molecule has 3 atom stereocenters. The van der Waals surface area contributed by atoms with Crippen molar-refractivity contribution in [1.82, 2.24) is 4.57 Å². The molecule has 2 aliphatic heterocycles. The molecule has 11 heteroatoms. The first-order valence-corrected chi connectivity index (χ1v) is 16.1. The van der Waals surface area contributed by atoms with Crippen molar-refractivity contribution in [2.45, 2.75) is 43.5 Å². The summed E-state index contributed by atoms with van der Waals surface area (Å²) in [7, 11) is 0. The largest absolute Gasteiger partial charge is 0.372 e. The zero-order valence-corrected chi connectivity index (χ0v) is 26.1. The molecule has 3 aromatic carbocycles. The first-order chi connectivity index (χ1) is 21.2. The van der Waals surface area contributed by atoms with Crippen LogP contribution in [0.15, 0.2) is 82.6 Å². The number of anilines is 3. The molecule has 1 aromatic heterocycles. The fraction of sp³-hybridized carbons (Fsp3) is 0.273. The van der Waals surface area contributed by atoms with E-state index in [1.807, 2.05) is 49.4 Å². The number of amides is 3. The Bertz CT molecular complexity index is 1800. The Hall–Kier alpha value is -4.22. The summed E-state index contributed by atoms with van der Waals surface area (Å²) in [6.45, 7) is 7.51. The summed E-state index contributed by atoms with van der Waals surface area (Å²) in [6.07, 6.45) is 0. The van der Waals surface area contributed by atoms with Crippen molar-refractivity contribution < 1.29 is 18.8 Å². The first-order valence-electron chi connectivity index (χ1n) is 14.4.